The van der Waals surface area contributed by atoms with Crippen molar-refractivity contribution in [2.24, 2.45) is 10.2 Å². The van der Waals surface area contributed by atoms with Gasteiger partial charge in [-0.15, -0.1) is 0 Å². The Morgan fingerprint density at radius 3 is 1.76 bits per heavy atom. The van der Waals surface area contributed by atoms with Crippen LogP contribution in [0.15, 0.2) is 105 Å². The number of benzene rings is 4. The van der Waals surface area contributed by atoms with Crippen LogP contribution in [0.5, 0.6) is 0 Å². The van der Waals surface area contributed by atoms with Gasteiger partial charge in [0.25, 0.3) is 26.7 Å². The van der Waals surface area contributed by atoms with Crippen molar-refractivity contribution in [2.75, 3.05) is 38.0 Å². The van der Waals surface area contributed by atoms with Crippen LogP contribution in [0, 0.1) is 0 Å². The molecule has 4 fully saturated rings. The Labute approximate surface area is 283 Å². The van der Waals surface area contributed by atoms with Crippen LogP contribution in [0.1, 0.15) is 0 Å². The summed E-state index contributed by atoms with van der Waals surface area (Å²) in [5.41, 5.74) is 2.82. The summed E-state index contributed by atoms with van der Waals surface area (Å²) in [6.45, 7) is -1.27. The van der Waals surface area contributed by atoms with Crippen LogP contribution in [0.25, 0.3) is 10.8 Å². The molecule has 3 saturated heterocycles. The molecule has 258 valence electrons. The molecule has 0 radical (unpaired) electrons. The van der Waals surface area contributed by atoms with Gasteiger partial charge >= 0.3 is 0 Å². The van der Waals surface area contributed by atoms with E-state index in [2.05, 4.69) is 10.2 Å². The van der Waals surface area contributed by atoms with E-state index in [1.54, 1.807) is 24.3 Å². The molecule has 7 atom stereocenters. The summed E-state index contributed by atoms with van der Waals surface area (Å²) in [5.74, 6) is 0. The summed E-state index contributed by atoms with van der Waals surface area (Å²) in [7, 11) is -1.44. The third-order valence-corrected chi connectivity index (χ3v) is 11.3. The van der Waals surface area contributed by atoms with E-state index in [0.29, 0.717) is 22.1 Å². The van der Waals surface area contributed by atoms with Crippen LogP contribution in [0.3, 0.4) is 0 Å². The quantitative estimate of drug-likeness (QED) is 0.186. The van der Waals surface area contributed by atoms with E-state index in [9.17, 15) is 21.9 Å². The zero-order valence-corrected chi connectivity index (χ0v) is 28.5. The Balaban J connectivity index is 1.12. The Morgan fingerprint density at radius 1 is 0.633 bits per heavy atom. The maximum atomic E-state index is 13.8. The summed E-state index contributed by atoms with van der Waals surface area (Å²) >= 11 is 0. The standard InChI is InChI=1S/C33H34N4O10S2/c1-36(2)21-15-11-19(12-16-21)34-35-20-13-17-22(18-14-20)48(39,40)46-31-28-27(38)29-32(30(31)45-33(43-28)44-29)47-49(41,42)26-10-6-7-23-24(26)8-5-9-25(23)37(3)4/h5-18,27-33,38H,1-4H3/t27?,28-,29+,30-,31?,32?,33+/m1/s1. The van der Waals surface area contributed by atoms with E-state index >= 15 is 0 Å². The first-order valence-electron chi connectivity index (χ1n) is 15.3. The molecular weight excluding hydrogens is 677 g/mol. The van der Waals surface area contributed by atoms with E-state index in [0.717, 1.165) is 11.4 Å². The Hall–Kier alpha value is -4.00. The normalized spacial score (nSPS) is 26.4. The zero-order chi connectivity index (χ0) is 34.7. The van der Waals surface area contributed by atoms with Crippen molar-refractivity contribution in [1.29, 1.82) is 0 Å². The number of hydrogen-bond donors (Lipinski definition) is 1. The molecule has 4 bridgehead atoms. The molecule has 3 heterocycles. The average molecular weight is 711 g/mol. The lowest BCUT2D eigenvalue weighted by Crippen LogP contribution is -2.76. The van der Waals surface area contributed by atoms with Gasteiger partial charge in [-0.1, -0.05) is 24.3 Å². The fourth-order valence-corrected chi connectivity index (χ4v) is 8.59. The molecule has 0 aromatic heterocycles. The molecule has 4 aromatic carbocycles. The Morgan fingerprint density at radius 2 is 1.16 bits per heavy atom. The van der Waals surface area contributed by atoms with Gasteiger partial charge in [0.15, 0.2) is 0 Å². The molecule has 0 amide bonds. The number of azo groups is 1. The summed E-state index contributed by atoms with van der Waals surface area (Å²) < 4.78 is 82.9. The van der Waals surface area contributed by atoms with E-state index in [4.69, 9.17) is 22.6 Å². The van der Waals surface area contributed by atoms with Crippen molar-refractivity contribution in [3.8, 4) is 0 Å². The zero-order valence-electron chi connectivity index (χ0n) is 26.9. The smallest absolute Gasteiger partial charge is 0.298 e. The van der Waals surface area contributed by atoms with Crippen molar-refractivity contribution in [3.63, 3.8) is 0 Å². The van der Waals surface area contributed by atoms with Crippen molar-refractivity contribution in [2.45, 2.75) is 52.9 Å². The largest absolute Gasteiger partial charge is 0.387 e. The van der Waals surface area contributed by atoms with E-state index in [1.165, 1.54) is 30.3 Å². The van der Waals surface area contributed by atoms with Gasteiger partial charge < -0.3 is 29.1 Å². The van der Waals surface area contributed by atoms with Crippen LogP contribution in [-0.2, 0) is 42.8 Å². The van der Waals surface area contributed by atoms with Crippen LogP contribution in [0.4, 0.5) is 22.7 Å². The Kier molecular flexibility index (Phi) is 8.69. The molecule has 49 heavy (non-hydrogen) atoms. The van der Waals surface area contributed by atoms with Gasteiger partial charge in [-0.25, -0.2) is 0 Å². The number of aliphatic hydroxyl groups excluding tert-OH is 1. The van der Waals surface area contributed by atoms with Gasteiger partial charge in [-0.3, -0.25) is 8.37 Å². The van der Waals surface area contributed by atoms with Crippen molar-refractivity contribution < 1.29 is 44.5 Å². The van der Waals surface area contributed by atoms with Gasteiger partial charge in [0.05, 0.1) is 16.3 Å². The van der Waals surface area contributed by atoms with E-state index in [-0.39, 0.29) is 9.79 Å². The average Bonchev–Trinajstić information content (AvgIpc) is 3.08. The first kappa shape index (κ1) is 33.5. The van der Waals surface area contributed by atoms with Gasteiger partial charge in [-0.05, 0) is 60.7 Å². The first-order valence-corrected chi connectivity index (χ1v) is 18.1. The fraction of sp³-hybridized carbons (Fsp3) is 0.333. The molecule has 1 aliphatic carbocycles. The number of ether oxygens (including phenoxy) is 3. The number of anilines is 2. The van der Waals surface area contributed by atoms with Crippen molar-refractivity contribution >= 4 is 53.8 Å². The molecule has 1 saturated carbocycles. The second-order valence-corrected chi connectivity index (χ2v) is 15.4. The topological polar surface area (TPSA) is 166 Å². The summed E-state index contributed by atoms with van der Waals surface area (Å²) in [4.78, 5) is 3.50. The van der Waals surface area contributed by atoms with E-state index < -0.39 is 63.3 Å². The minimum absolute atomic E-state index is 0.110. The molecule has 0 spiro atoms. The SMILES string of the molecule is CN(C)c1ccc(N=Nc2ccc(S(=O)(=O)OC3[C@H]4O[C@H]5O[C@@H]3C(O)[C@H](O5)C4OS(=O)(=O)c3cccc4c(N(C)C)cccc34)cc2)cc1. The number of fused-ring (bicyclic) bond motifs is 1. The first-order chi connectivity index (χ1) is 23.3. The predicted octanol–water partition coefficient (Wildman–Crippen LogP) is 4.08. The number of hydrogen-bond acceptors (Lipinski definition) is 14. The Bertz CT molecular complexity index is 2110. The maximum absolute atomic E-state index is 13.8. The number of nitrogens with zero attached hydrogens (tertiary/aromatic N) is 4. The lowest BCUT2D eigenvalue weighted by Gasteiger charge is -2.56. The molecule has 1 N–H and O–H groups in total. The van der Waals surface area contributed by atoms with Crippen LogP contribution < -0.4 is 9.80 Å². The van der Waals surface area contributed by atoms with Gasteiger partial charge in [-0.2, -0.15) is 27.1 Å². The number of rotatable bonds is 10. The molecule has 16 heteroatoms. The molecule has 3 aliphatic heterocycles. The maximum Gasteiger partial charge on any atom is 0.298 e. The highest BCUT2D eigenvalue weighted by molar-refractivity contribution is 7.87. The van der Waals surface area contributed by atoms with Gasteiger partial charge in [0, 0.05) is 50.3 Å². The van der Waals surface area contributed by atoms with Gasteiger partial charge in [0.2, 0.25) is 0 Å². The molecule has 4 aliphatic rings. The summed E-state index contributed by atoms with van der Waals surface area (Å²) in [5, 5.41) is 20.6. The molecule has 4 aromatic rings. The molecule has 3 unspecified atom stereocenters. The second-order valence-electron chi connectivity index (χ2n) is 12.2. The van der Waals surface area contributed by atoms with E-state index in [1.807, 2.05) is 68.3 Å². The predicted molar refractivity (Wildman–Crippen MR) is 178 cm³/mol. The van der Waals surface area contributed by atoms with Crippen LogP contribution >= 0.6 is 0 Å². The van der Waals surface area contributed by atoms with Gasteiger partial charge in [0.1, 0.15) is 41.5 Å². The molecular formula is C33H34N4O10S2. The van der Waals surface area contributed by atoms with Crippen LogP contribution in [-0.4, -0.2) is 93.2 Å². The minimum Gasteiger partial charge on any atom is -0.387 e. The third-order valence-electron chi connectivity index (χ3n) is 8.63. The highest BCUT2D eigenvalue weighted by atomic mass is 32.2. The molecule has 14 nitrogen and oxygen atoms in total. The third kappa shape index (κ3) is 6.30. The molecule has 8 rings (SSSR count). The summed E-state index contributed by atoms with van der Waals surface area (Å²) in [6, 6.07) is 23.0. The highest BCUT2D eigenvalue weighted by Gasteiger charge is 2.64. The fourth-order valence-electron chi connectivity index (χ4n) is 6.19. The second kappa shape index (κ2) is 12.7. The summed E-state index contributed by atoms with van der Waals surface area (Å²) in [6.07, 6.45) is -8.09. The lowest BCUT2D eigenvalue weighted by atomic mass is 9.83. The van der Waals surface area contributed by atoms with Crippen molar-refractivity contribution in [1.82, 2.24) is 0 Å². The van der Waals surface area contributed by atoms with Crippen LogP contribution in [0.2, 0.25) is 0 Å². The number of aliphatic hydroxyl groups is 1. The monoisotopic (exact) mass is 710 g/mol. The minimum atomic E-state index is -4.51. The van der Waals surface area contributed by atoms with Crippen molar-refractivity contribution in [3.05, 3.63) is 84.9 Å². The lowest BCUT2D eigenvalue weighted by molar-refractivity contribution is -0.476. The highest BCUT2D eigenvalue weighted by Crippen LogP contribution is 2.44.